The quantitative estimate of drug-likeness (QED) is 0.482. The Morgan fingerprint density at radius 3 is 1.92 bits per heavy atom. The van der Waals surface area contributed by atoms with Crippen LogP contribution in [-0.4, -0.2) is 43.6 Å². The molecule has 0 aromatic heterocycles. The molecule has 2 aliphatic carbocycles. The van der Waals surface area contributed by atoms with Gasteiger partial charge in [-0.25, -0.2) is 4.79 Å². The first-order chi connectivity index (χ1) is 12.3. The molecule has 26 heavy (non-hydrogen) atoms. The summed E-state index contributed by atoms with van der Waals surface area (Å²) in [7, 11) is 0. The van der Waals surface area contributed by atoms with Gasteiger partial charge >= 0.3 is 5.97 Å². The summed E-state index contributed by atoms with van der Waals surface area (Å²) in [6.07, 6.45) is -0.693. The van der Waals surface area contributed by atoms with Crippen LogP contribution < -0.4 is 0 Å². The predicted octanol–water partition coefficient (Wildman–Crippen LogP) is 1.18. The Morgan fingerprint density at radius 2 is 1.42 bits per heavy atom. The number of hydrogen-bond acceptors (Lipinski definition) is 6. The minimum atomic E-state index is -2.11. The number of carbonyl (C=O) groups is 3. The first-order valence-electron chi connectivity index (χ1n) is 8.00. The number of carboxylic acid groups (broad SMARTS) is 1. The average Bonchev–Trinajstić information content (AvgIpc) is 2.62. The highest BCUT2D eigenvalue weighted by Gasteiger charge is 2.45. The van der Waals surface area contributed by atoms with Gasteiger partial charge in [-0.2, -0.15) is 0 Å². The minimum Gasteiger partial charge on any atom is -0.507 e. The van der Waals surface area contributed by atoms with Crippen molar-refractivity contribution in [2.45, 2.75) is 24.9 Å². The summed E-state index contributed by atoms with van der Waals surface area (Å²) in [5, 5.41) is 40.7. The van der Waals surface area contributed by atoms with Crippen LogP contribution in [0, 0.1) is 0 Å². The van der Waals surface area contributed by atoms with E-state index in [4.69, 9.17) is 0 Å². The average molecular weight is 354 g/mol. The number of carboxylic acids is 1. The number of aromatic hydroxyl groups is 2. The molecule has 4 N–H and O–H groups in total. The number of phenolic OH excluding ortho intramolecular Hbond substituents is 2. The number of carbonyl (C=O) groups excluding carboxylic acids is 2. The molecule has 0 fully saturated rings. The Morgan fingerprint density at radius 1 is 0.923 bits per heavy atom. The van der Waals surface area contributed by atoms with Gasteiger partial charge in [-0.3, -0.25) is 9.59 Å². The van der Waals surface area contributed by atoms with Crippen LogP contribution in [-0.2, 0) is 17.6 Å². The molecule has 0 aliphatic heterocycles. The molecule has 0 bridgehead atoms. The maximum Gasteiger partial charge on any atom is 0.336 e. The van der Waals surface area contributed by atoms with Crippen molar-refractivity contribution >= 4 is 17.5 Å². The summed E-state index contributed by atoms with van der Waals surface area (Å²) in [5.74, 6) is -3.65. The van der Waals surface area contributed by atoms with Gasteiger partial charge in [0.05, 0.1) is 11.1 Å². The molecule has 2 aliphatic rings. The van der Waals surface area contributed by atoms with Crippen molar-refractivity contribution in [2.75, 3.05) is 0 Å². The number of rotatable bonds is 1. The Bertz CT molecular complexity index is 1020. The van der Waals surface area contributed by atoms with Crippen molar-refractivity contribution in [1.29, 1.82) is 0 Å². The number of aliphatic carboxylic acids is 1. The molecular formula is C19H14O7. The third-order valence-corrected chi connectivity index (χ3v) is 5.19. The molecule has 0 radical (unpaired) electrons. The van der Waals surface area contributed by atoms with E-state index in [9.17, 15) is 34.8 Å². The normalized spacial score (nSPS) is 21.0. The molecular weight excluding hydrogens is 340 g/mol. The third-order valence-electron chi connectivity index (χ3n) is 5.19. The van der Waals surface area contributed by atoms with Crippen LogP contribution in [0.3, 0.4) is 0 Å². The van der Waals surface area contributed by atoms with Gasteiger partial charge in [0.2, 0.25) is 0 Å². The van der Waals surface area contributed by atoms with Crippen LogP contribution in [0.4, 0.5) is 0 Å². The first kappa shape index (κ1) is 16.3. The maximum absolute atomic E-state index is 12.8. The Kier molecular flexibility index (Phi) is 3.23. The summed E-state index contributed by atoms with van der Waals surface area (Å²) in [5.41, 5.74) is -2.32. The zero-order chi connectivity index (χ0) is 18.8. The molecule has 0 saturated carbocycles. The van der Waals surface area contributed by atoms with Crippen LogP contribution >= 0.6 is 0 Å². The molecule has 132 valence electrons. The molecule has 7 nitrogen and oxygen atoms in total. The van der Waals surface area contributed by atoms with Gasteiger partial charge in [-0.1, -0.05) is 24.3 Å². The van der Waals surface area contributed by atoms with Crippen LogP contribution in [0.15, 0.2) is 24.3 Å². The van der Waals surface area contributed by atoms with Gasteiger partial charge in [0.25, 0.3) is 0 Å². The zero-order valence-corrected chi connectivity index (χ0v) is 13.4. The number of ketones is 2. The number of benzene rings is 2. The molecule has 7 heteroatoms. The smallest absolute Gasteiger partial charge is 0.336 e. The van der Waals surface area contributed by atoms with E-state index in [2.05, 4.69) is 0 Å². The predicted molar refractivity (Wildman–Crippen MR) is 87.7 cm³/mol. The van der Waals surface area contributed by atoms with E-state index < -0.39 is 41.1 Å². The van der Waals surface area contributed by atoms with E-state index in [-0.39, 0.29) is 46.2 Å². The van der Waals surface area contributed by atoms with E-state index in [0.29, 0.717) is 0 Å². The molecule has 2 aromatic rings. The summed E-state index contributed by atoms with van der Waals surface area (Å²) in [6.45, 7) is 0. The highest BCUT2D eigenvalue weighted by molar-refractivity contribution is 6.30. The second-order valence-corrected chi connectivity index (χ2v) is 6.62. The maximum atomic E-state index is 12.8. The minimum absolute atomic E-state index is 0.0158. The second kappa shape index (κ2) is 5.15. The Labute approximate surface area is 147 Å². The van der Waals surface area contributed by atoms with E-state index in [1.54, 1.807) is 12.1 Å². The van der Waals surface area contributed by atoms with E-state index in [1.807, 2.05) is 0 Å². The van der Waals surface area contributed by atoms with Crippen molar-refractivity contribution in [3.05, 3.63) is 57.6 Å². The monoisotopic (exact) mass is 354 g/mol. The van der Waals surface area contributed by atoms with Crippen LogP contribution in [0.25, 0.3) is 0 Å². The molecule has 4 rings (SSSR count). The lowest BCUT2D eigenvalue weighted by molar-refractivity contribution is -0.159. The molecule has 0 amide bonds. The number of phenols is 2. The van der Waals surface area contributed by atoms with E-state index in [0.717, 1.165) is 0 Å². The SMILES string of the molecule is O=C1c2ccccc2C(=O)c2c(O)c3c(c(O)c21)CC[C@](O)(C(=O)O)C3. The molecule has 0 heterocycles. The summed E-state index contributed by atoms with van der Waals surface area (Å²) in [4.78, 5) is 36.9. The van der Waals surface area contributed by atoms with Crippen LogP contribution in [0.2, 0.25) is 0 Å². The van der Waals surface area contributed by atoms with Crippen molar-refractivity contribution in [1.82, 2.24) is 0 Å². The van der Waals surface area contributed by atoms with E-state index >= 15 is 0 Å². The van der Waals surface area contributed by atoms with Crippen LogP contribution in [0.1, 0.15) is 49.4 Å². The van der Waals surface area contributed by atoms with E-state index in [1.165, 1.54) is 12.1 Å². The molecule has 0 unspecified atom stereocenters. The number of aliphatic hydroxyl groups is 1. The molecule has 0 saturated heterocycles. The highest BCUT2D eigenvalue weighted by atomic mass is 16.4. The van der Waals surface area contributed by atoms with Crippen molar-refractivity contribution in [3.63, 3.8) is 0 Å². The second-order valence-electron chi connectivity index (χ2n) is 6.62. The lowest BCUT2D eigenvalue weighted by Gasteiger charge is -2.32. The number of hydrogen-bond donors (Lipinski definition) is 4. The zero-order valence-electron chi connectivity index (χ0n) is 13.4. The molecule has 2 aromatic carbocycles. The fourth-order valence-corrected chi connectivity index (χ4v) is 3.77. The Hall–Kier alpha value is -3.19. The third kappa shape index (κ3) is 1.94. The highest BCUT2D eigenvalue weighted by Crippen LogP contribution is 2.46. The van der Waals surface area contributed by atoms with Gasteiger partial charge in [0.1, 0.15) is 11.5 Å². The fraction of sp³-hybridized carbons (Fsp3) is 0.211. The van der Waals surface area contributed by atoms with Gasteiger partial charge in [-0.15, -0.1) is 0 Å². The fourth-order valence-electron chi connectivity index (χ4n) is 3.77. The van der Waals surface area contributed by atoms with Crippen molar-refractivity contribution < 1.29 is 34.8 Å². The van der Waals surface area contributed by atoms with Gasteiger partial charge in [0.15, 0.2) is 17.2 Å². The Balaban J connectivity index is 2.00. The topological polar surface area (TPSA) is 132 Å². The lowest BCUT2D eigenvalue weighted by atomic mass is 9.74. The largest absolute Gasteiger partial charge is 0.507 e. The van der Waals surface area contributed by atoms with Gasteiger partial charge in [0, 0.05) is 28.7 Å². The number of fused-ring (bicyclic) bond motifs is 3. The summed E-state index contributed by atoms with van der Waals surface area (Å²) in [6, 6.07) is 6.09. The summed E-state index contributed by atoms with van der Waals surface area (Å²) < 4.78 is 0. The molecule has 1 atom stereocenters. The van der Waals surface area contributed by atoms with Gasteiger partial charge < -0.3 is 20.4 Å². The van der Waals surface area contributed by atoms with Crippen molar-refractivity contribution in [3.8, 4) is 11.5 Å². The van der Waals surface area contributed by atoms with Crippen molar-refractivity contribution in [2.24, 2.45) is 0 Å². The standard InChI is InChI=1S/C19H14O7/c20-14-8-3-1-2-4-9(8)15(21)13-12(14)16(22)10-5-6-19(26,18(24)25)7-11(10)17(13)23/h1-4,22-23,26H,5-7H2,(H,24,25)/t19-/m1/s1. The lowest BCUT2D eigenvalue weighted by Crippen LogP contribution is -2.44. The summed E-state index contributed by atoms with van der Waals surface area (Å²) >= 11 is 0. The van der Waals surface area contributed by atoms with Crippen LogP contribution in [0.5, 0.6) is 11.5 Å². The van der Waals surface area contributed by atoms with Gasteiger partial charge in [-0.05, 0) is 12.8 Å². The molecule has 0 spiro atoms. The first-order valence-corrected chi connectivity index (χ1v) is 8.00.